The lowest BCUT2D eigenvalue weighted by atomic mass is 10.00. The lowest BCUT2D eigenvalue weighted by Gasteiger charge is -2.35. The monoisotopic (exact) mass is 256 g/mol. The minimum atomic E-state index is 0.354. The smallest absolute Gasteiger partial charge is 0.0503 e. The number of hydrogen-bond acceptors (Lipinski definition) is 4. The van der Waals surface area contributed by atoms with Gasteiger partial charge in [-0.25, -0.2) is 0 Å². The Hall–Kier alpha value is -0.420. The van der Waals surface area contributed by atoms with Crippen molar-refractivity contribution in [2.45, 2.75) is 25.9 Å². The first-order chi connectivity index (χ1) is 8.11. The quantitative estimate of drug-likeness (QED) is 0.814. The van der Waals surface area contributed by atoms with Crippen molar-refractivity contribution in [1.82, 2.24) is 4.90 Å². The summed E-state index contributed by atoms with van der Waals surface area (Å²) < 4.78 is 5.23. The van der Waals surface area contributed by atoms with Crippen molar-refractivity contribution in [3.8, 4) is 0 Å². The second-order valence-corrected chi connectivity index (χ2v) is 5.57. The highest BCUT2D eigenvalue weighted by atomic mass is 32.1. The number of hydrogen-bond donors (Lipinski definition) is 1. The minimum Gasteiger partial charge on any atom is -0.384 e. The van der Waals surface area contributed by atoms with Crippen molar-refractivity contribution >= 4 is 11.3 Å². The Bertz CT molecular complexity index is 302. The Morgan fingerprint density at radius 3 is 2.65 bits per heavy atom. The van der Waals surface area contributed by atoms with Crippen molar-refractivity contribution in [3.05, 3.63) is 22.4 Å². The lowest BCUT2D eigenvalue weighted by molar-refractivity contribution is 0.0809. The van der Waals surface area contributed by atoms with E-state index < -0.39 is 0 Å². The second kappa shape index (κ2) is 7.11. The summed E-state index contributed by atoms with van der Waals surface area (Å²) in [6.07, 6.45) is 0. The van der Waals surface area contributed by atoms with Crippen LogP contribution in [0.1, 0.15) is 24.8 Å². The van der Waals surface area contributed by atoms with Gasteiger partial charge in [0.05, 0.1) is 6.61 Å². The van der Waals surface area contributed by atoms with Crippen molar-refractivity contribution in [1.29, 1.82) is 0 Å². The van der Waals surface area contributed by atoms with Crippen LogP contribution in [-0.4, -0.2) is 38.3 Å². The highest BCUT2D eigenvalue weighted by Gasteiger charge is 2.25. The van der Waals surface area contributed by atoms with E-state index in [2.05, 4.69) is 43.3 Å². The van der Waals surface area contributed by atoms with Crippen LogP contribution >= 0.6 is 11.3 Å². The predicted molar refractivity (Wildman–Crippen MR) is 74.4 cm³/mol. The van der Waals surface area contributed by atoms with Gasteiger partial charge >= 0.3 is 0 Å². The third-order valence-electron chi connectivity index (χ3n) is 3.42. The molecular weight excluding hydrogens is 232 g/mol. The van der Waals surface area contributed by atoms with E-state index in [0.29, 0.717) is 24.5 Å². The third-order valence-corrected chi connectivity index (χ3v) is 4.46. The van der Waals surface area contributed by atoms with Crippen LogP contribution in [0.2, 0.25) is 0 Å². The van der Waals surface area contributed by atoms with Crippen LogP contribution in [0.25, 0.3) is 0 Å². The van der Waals surface area contributed by atoms with Crippen molar-refractivity contribution in [3.63, 3.8) is 0 Å². The summed E-state index contributed by atoms with van der Waals surface area (Å²) in [6.45, 7) is 5.84. The Kier molecular flexibility index (Phi) is 6.12. The standard InChI is InChI=1S/C13H24N2OS/c1-10(9-16-4)12(8-14)15(3)11(2)13-6-5-7-17-13/h5-7,10-12H,8-9,14H2,1-4H3. The maximum atomic E-state index is 5.90. The van der Waals surface area contributed by atoms with Crippen LogP contribution in [-0.2, 0) is 4.74 Å². The van der Waals surface area contributed by atoms with Gasteiger partial charge in [0, 0.05) is 30.6 Å². The highest BCUT2D eigenvalue weighted by Crippen LogP contribution is 2.26. The molecule has 17 heavy (non-hydrogen) atoms. The molecule has 1 aromatic rings. The van der Waals surface area contributed by atoms with Gasteiger partial charge in [0.2, 0.25) is 0 Å². The molecule has 0 amide bonds. The molecule has 1 rings (SSSR count). The van der Waals surface area contributed by atoms with Crippen LogP contribution in [0, 0.1) is 5.92 Å². The summed E-state index contributed by atoms with van der Waals surface area (Å²) in [4.78, 5) is 3.74. The number of likely N-dealkylation sites (N-methyl/N-ethyl adjacent to an activating group) is 1. The molecule has 0 radical (unpaired) electrons. The van der Waals surface area contributed by atoms with Crippen molar-refractivity contribution in [2.75, 3.05) is 27.3 Å². The molecule has 3 atom stereocenters. The summed E-state index contributed by atoms with van der Waals surface area (Å²) >= 11 is 1.80. The van der Waals surface area contributed by atoms with Crippen LogP contribution in [0.5, 0.6) is 0 Å². The minimum absolute atomic E-state index is 0.354. The van der Waals surface area contributed by atoms with Gasteiger partial charge in [-0.1, -0.05) is 13.0 Å². The van der Waals surface area contributed by atoms with Crippen molar-refractivity contribution < 1.29 is 4.74 Å². The van der Waals surface area contributed by atoms with Gasteiger partial charge < -0.3 is 10.5 Å². The molecule has 0 aliphatic rings. The zero-order chi connectivity index (χ0) is 12.8. The van der Waals surface area contributed by atoms with E-state index in [-0.39, 0.29) is 0 Å². The van der Waals surface area contributed by atoms with Crippen LogP contribution in [0.15, 0.2) is 17.5 Å². The Morgan fingerprint density at radius 2 is 2.18 bits per heavy atom. The lowest BCUT2D eigenvalue weighted by Crippen LogP contribution is -2.44. The maximum absolute atomic E-state index is 5.90. The molecule has 0 bridgehead atoms. The highest BCUT2D eigenvalue weighted by molar-refractivity contribution is 7.10. The fourth-order valence-corrected chi connectivity index (χ4v) is 3.03. The number of thiophene rings is 1. The van der Waals surface area contributed by atoms with Crippen LogP contribution in [0.3, 0.4) is 0 Å². The van der Waals surface area contributed by atoms with Gasteiger partial charge in [0.25, 0.3) is 0 Å². The van der Waals surface area contributed by atoms with E-state index in [1.165, 1.54) is 4.88 Å². The Labute approximate surface area is 109 Å². The molecule has 1 heterocycles. The molecule has 3 nitrogen and oxygen atoms in total. The molecule has 0 aliphatic carbocycles. The van der Waals surface area contributed by atoms with E-state index in [9.17, 15) is 0 Å². The molecule has 0 fully saturated rings. The first kappa shape index (κ1) is 14.6. The second-order valence-electron chi connectivity index (χ2n) is 4.59. The molecule has 2 N–H and O–H groups in total. The van der Waals surface area contributed by atoms with Gasteiger partial charge in [0.15, 0.2) is 0 Å². The number of nitrogens with two attached hydrogens (primary N) is 1. The normalized spacial score (nSPS) is 17.1. The fourth-order valence-electron chi connectivity index (χ4n) is 2.19. The van der Waals surface area contributed by atoms with E-state index in [4.69, 9.17) is 10.5 Å². The summed E-state index contributed by atoms with van der Waals surface area (Å²) in [6, 6.07) is 5.04. The molecule has 3 unspecified atom stereocenters. The molecule has 0 saturated carbocycles. The van der Waals surface area contributed by atoms with E-state index in [0.717, 1.165) is 6.61 Å². The molecule has 1 aromatic heterocycles. The number of ether oxygens (including phenoxy) is 1. The van der Waals surface area contributed by atoms with E-state index >= 15 is 0 Å². The zero-order valence-corrected chi connectivity index (χ0v) is 12.0. The van der Waals surface area contributed by atoms with E-state index in [1.54, 1.807) is 18.4 Å². The fraction of sp³-hybridized carbons (Fsp3) is 0.692. The molecule has 0 spiro atoms. The van der Waals surface area contributed by atoms with E-state index in [1.807, 2.05) is 0 Å². The number of methoxy groups -OCH3 is 1. The summed E-state index contributed by atoms with van der Waals surface area (Å²) in [5, 5.41) is 2.12. The van der Waals surface area contributed by atoms with Gasteiger partial charge in [-0.05, 0) is 31.3 Å². The van der Waals surface area contributed by atoms with Crippen LogP contribution < -0.4 is 5.73 Å². The summed E-state index contributed by atoms with van der Waals surface area (Å²) in [5.74, 6) is 0.442. The molecular formula is C13H24N2OS. The topological polar surface area (TPSA) is 38.5 Å². The largest absolute Gasteiger partial charge is 0.384 e. The van der Waals surface area contributed by atoms with Gasteiger partial charge in [-0.2, -0.15) is 0 Å². The molecule has 98 valence electrons. The van der Waals surface area contributed by atoms with Gasteiger partial charge in [0.1, 0.15) is 0 Å². The summed E-state index contributed by atoms with van der Waals surface area (Å²) in [5.41, 5.74) is 5.90. The molecule has 0 saturated heterocycles. The molecule has 4 heteroatoms. The van der Waals surface area contributed by atoms with Crippen molar-refractivity contribution in [2.24, 2.45) is 11.7 Å². The Balaban J connectivity index is 2.68. The van der Waals surface area contributed by atoms with Crippen LogP contribution in [0.4, 0.5) is 0 Å². The predicted octanol–water partition coefficient (Wildman–Crippen LogP) is 2.35. The SMILES string of the molecule is COCC(C)C(CN)N(C)C(C)c1cccs1. The number of nitrogens with zero attached hydrogens (tertiary/aromatic N) is 1. The Morgan fingerprint density at radius 1 is 1.47 bits per heavy atom. The van der Waals surface area contributed by atoms with Gasteiger partial charge in [-0.3, -0.25) is 4.90 Å². The number of rotatable bonds is 7. The average Bonchev–Trinajstić information content (AvgIpc) is 2.82. The average molecular weight is 256 g/mol. The molecule has 0 aromatic carbocycles. The zero-order valence-electron chi connectivity index (χ0n) is 11.2. The maximum Gasteiger partial charge on any atom is 0.0503 e. The first-order valence-corrected chi connectivity index (χ1v) is 6.94. The molecule has 0 aliphatic heterocycles. The summed E-state index contributed by atoms with van der Waals surface area (Å²) in [7, 11) is 3.89. The van der Waals surface area contributed by atoms with Gasteiger partial charge in [-0.15, -0.1) is 11.3 Å². The third kappa shape index (κ3) is 3.78. The first-order valence-electron chi connectivity index (χ1n) is 6.06.